The molecule has 0 atom stereocenters. The van der Waals surface area contributed by atoms with Gasteiger partial charge >= 0.3 is 0 Å². The number of thiazole rings is 1. The summed E-state index contributed by atoms with van der Waals surface area (Å²) in [7, 11) is -1.84. The standard InChI is InChI=1S/C11H13N3O2S2/c1-12-9-4-2-3-5-10(9)18(15,16)14-8-11-13-6-7-17-11/h2-7,12,14H,8H2,1H3. The van der Waals surface area contributed by atoms with Gasteiger partial charge in [0, 0.05) is 18.6 Å². The Balaban J connectivity index is 2.20. The summed E-state index contributed by atoms with van der Waals surface area (Å²) in [6.07, 6.45) is 1.65. The second-order valence-corrected chi connectivity index (χ2v) is 6.21. The molecule has 0 radical (unpaired) electrons. The third kappa shape index (κ3) is 2.87. The zero-order valence-corrected chi connectivity index (χ0v) is 11.4. The molecule has 0 aliphatic heterocycles. The fourth-order valence-electron chi connectivity index (χ4n) is 1.48. The fourth-order valence-corrected chi connectivity index (χ4v) is 3.33. The molecule has 0 saturated carbocycles. The Kier molecular flexibility index (Phi) is 3.95. The van der Waals surface area contributed by atoms with E-state index in [1.807, 2.05) is 5.38 Å². The highest BCUT2D eigenvalue weighted by Crippen LogP contribution is 2.20. The molecule has 0 bridgehead atoms. The molecule has 2 aromatic rings. The van der Waals surface area contributed by atoms with Crippen molar-refractivity contribution in [1.82, 2.24) is 9.71 Å². The van der Waals surface area contributed by atoms with Crippen molar-refractivity contribution in [1.29, 1.82) is 0 Å². The van der Waals surface area contributed by atoms with Crippen molar-refractivity contribution in [3.8, 4) is 0 Å². The maximum atomic E-state index is 12.1. The first-order valence-corrected chi connectivity index (χ1v) is 7.64. The summed E-state index contributed by atoms with van der Waals surface area (Å²) in [6, 6.07) is 6.76. The van der Waals surface area contributed by atoms with E-state index in [-0.39, 0.29) is 11.4 Å². The van der Waals surface area contributed by atoms with Crippen LogP contribution in [0.25, 0.3) is 0 Å². The molecular weight excluding hydrogens is 270 g/mol. The van der Waals surface area contributed by atoms with Gasteiger partial charge in [-0.1, -0.05) is 12.1 Å². The Morgan fingerprint density at radius 2 is 2.11 bits per heavy atom. The monoisotopic (exact) mass is 283 g/mol. The van der Waals surface area contributed by atoms with Crippen molar-refractivity contribution >= 4 is 27.0 Å². The van der Waals surface area contributed by atoms with Crippen molar-refractivity contribution < 1.29 is 8.42 Å². The lowest BCUT2D eigenvalue weighted by atomic mass is 10.3. The van der Waals surface area contributed by atoms with Gasteiger partial charge < -0.3 is 5.32 Å². The van der Waals surface area contributed by atoms with E-state index < -0.39 is 10.0 Å². The molecule has 1 aromatic heterocycles. The molecule has 0 amide bonds. The molecule has 2 rings (SSSR count). The van der Waals surface area contributed by atoms with Crippen LogP contribution in [0.1, 0.15) is 5.01 Å². The van der Waals surface area contributed by atoms with E-state index in [9.17, 15) is 8.42 Å². The number of nitrogens with one attached hydrogen (secondary N) is 2. The fraction of sp³-hybridized carbons (Fsp3) is 0.182. The minimum atomic E-state index is -3.52. The van der Waals surface area contributed by atoms with Crippen molar-refractivity contribution in [3.05, 3.63) is 40.8 Å². The maximum absolute atomic E-state index is 12.1. The Labute approximate surface area is 110 Å². The topological polar surface area (TPSA) is 71.1 Å². The third-order valence-corrected chi connectivity index (χ3v) is 4.58. The molecule has 2 N–H and O–H groups in total. The van der Waals surface area contributed by atoms with Gasteiger partial charge in [0.1, 0.15) is 9.90 Å². The quantitative estimate of drug-likeness (QED) is 0.875. The molecule has 7 heteroatoms. The largest absolute Gasteiger partial charge is 0.387 e. The van der Waals surface area contributed by atoms with E-state index in [2.05, 4.69) is 15.0 Å². The molecule has 1 aromatic carbocycles. The first-order valence-electron chi connectivity index (χ1n) is 5.28. The van der Waals surface area contributed by atoms with Crippen LogP contribution in [-0.4, -0.2) is 20.4 Å². The number of anilines is 1. The smallest absolute Gasteiger partial charge is 0.243 e. The van der Waals surface area contributed by atoms with Gasteiger partial charge in [0.25, 0.3) is 0 Å². The highest BCUT2D eigenvalue weighted by Gasteiger charge is 2.17. The SMILES string of the molecule is CNc1ccccc1S(=O)(=O)NCc1nccs1. The molecule has 18 heavy (non-hydrogen) atoms. The summed E-state index contributed by atoms with van der Waals surface area (Å²) in [6.45, 7) is 0.206. The Morgan fingerprint density at radius 3 is 2.78 bits per heavy atom. The van der Waals surface area contributed by atoms with Gasteiger partial charge in [-0.15, -0.1) is 11.3 Å². The Morgan fingerprint density at radius 1 is 1.33 bits per heavy atom. The van der Waals surface area contributed by atoms with E-state index in [0.717, 1.165) is 5.01 Å². The average Bonchev–Trinajstić information content (AvgIpc) is 2.89. The van der Waals surface area contributed by atoms with Gasteiger partial charge in [0.05, 0.1) is 12.2 Å². The molecule has 0 aliphatic carbocycles. The van der Waals surface area contributed by atoms with Crippen LogP contribution in [0.2, 0.25) is 0 Å². The first kappa shape index (κ1) is 13.0. The normalized spacial score (nSPS) is 11.4. The average molecular weight is 283 g/mol. The van der Waals surface area contributed by atoms with Crippen LogP contribution in [0.4, 0.5) is 5.69 Å². The predicted molar refractivity (Wildman–Crippen MR) is 72.1 cm³/mol. The van der Waals surface area contributed by atoms with Crippen LogP contribution >= 0.6 is 11.3 Å². The maximum Gasteiger partial charge on any atom is 0.243 e. The molecule has 0 spiro atoms. The van der Waals surface area contributed by atoms with Gasteiger partial charge in [-0.05, 0) is 12.1 Å². The number of aromatic nitrogens is 1. The van der Waals surface area contributed by atoms with E-state index in [0.29, 0.717) is 5.69 Å². The van der Waals surface area contributed by atoms with E-state index in [1.165, 1.54) is 11.3 Å². The van der Waals surface area contributed by atoms with Crippen LogP contribution in [0.5, 0.6) is 0 Å². The van der Waals surface area contributed by atoms with Gasteiger partial charge in [-0.3, -0.25) is 0 Å². The molecule has 1 heterocycles. The predicted octanol–water partition coefficient (Wildman–Crippen LogP) is 1.66. The Bertz CT molecular complexity index is 609. The highest BCUT2D eigenvalue weighted by atomic mass is 32.2. The first-order chi connectivity index (χ1) is 8.63. The van der Waals surface area contributed by atoms with E-state index in [4.69, 9.17) is 0 Å². The summed E-state index contributed by atoms with van der Waals surface area (Å²) in [5.74, 6) is 0. The zero-order valence-electron chi connectivity index (χ0n) is 9.75. The lowest BCUT2D eigenvalue weighted by Gasteiger charge is -2.10. The second kappa shape index (κ2) is 5.47. The van der Waals surface area contributed by atoms with Crippen molar-refractivity contribution in [2.45, 2.75) is 11.4 Å². The summed E-state index contributed by atoms with van der Waals surface area (Å²) >= 11 is 1.42. The second-order valence-electron chi connectivity index (χ2n) is 3.50. The lowest BCUT2D eigenvalue weighted by molar-refractivity contribution is 0.581. The van der Waals surface area contributed by atoms with E-state index >= 15 is 0 Å². The molecule has 0 saturated heterocycles. The minimum absolute atomic E-state index is 0.206. The molecule has 0 aliphatic rings. The van der Waals surface area contributed by atoms with Crippen LogP contribution in [0.3, 0.4) is 0 Å². The third-order valence-electron chi connectivity index (χ3n) is 2.34. The van der Waals surface area contributed by atoms with Gasteiger partial charge in [-0.25, -0.2) is 18.1 Å². The van der Waals surface area contributed by atoms with Crippen LogP contribution in [-0.2, 0) is 16.6 Å². The number of hydrogen-bond acceptors (Lipinski definition) is 5. The summed E-state index contributed by atoms with van der Waals surface area (Å²) in [4.78, 5) is 4.27. The van der Waals surface area contributed by atoms with Gasteiger partial charge in [-0.2, -0.15) is 0 Å². The summed E-state index contributed by atoms with van der Waals surface area (Å²) in [5, 5.41) is 5.41. The number of rotatable bonds is 5. The minimum Gasteiger partial charge on any atom is -0.387 e. The highest BCUT2D eigenvalue weighted by molar-refractivity contribution is 7.89. The van der Waals surface area contributed by atoms with Crippen molar-refractivity contribution in [3.63, 3.8) is 0 Å². The number of benzene rings is 1. The molecular formula is C11H13N3O2S2. The van der Waals surface area contributed by atoms with Crippen molar-refractivity contribution in [2.75, 3.05) is 12.4 Å². The van der Waals surface area contributed by atoms with Crippen LogP contribution in [0, 0.1) is 0 Å². The number of nitrogens with zero attached hydrogens (tertiary/aromatic N) is 1. The molecule has 0 unspecified atom stereocenters. The molecule has 5 nitrogen and oxygen atoms in total. The van der Waals surface area contributed by atoms with Crippen LogP contribution in [0.15, 0.2) is 40.7 Å². The summed E-state index contributed by atoms with van der Waals surface area (Å²) < 4.78 is 26.8. The number of hydrogen-bond donors (Lipinski definition) is 2. The lowest BCUT2D eigenvalue weighted by Crippen LogP contribution is -2.24. The van der Waals surface area contributed by atoms with Crippen molar-refractivity contribution in [2.24, 2.45) is 0 Å². The zero-order chi connectivity index (χ0) is 13.0. The number of sulfonamides is 1. The van der Waals surface area contributed by atoms with E-state index in [1.54, 1.807) is 37.5 Å². The van der Waals surface area contributed by atoms with Gasteiger partial charge in [0.15, 0.2) is 0 Å². The molecule has 0 fully saturated rings. The Hall–Kier alpha value is -1.44. The summed E-state index contributed by atoms with van der Waals surface area (Å²) in [5.41, 5.74) is 0.573. The van der Waals surface area contributed by atoms with Gasteiger partial charge in [0.2, 0.25) is 10.0 Å². The molecule has 96 valence electrons. The van der Waals surface area contributed by atoms with Crippen LogP contribution < -0.4 is 10.0 Å². The number of para-hydroxylation sites is 1.